The fourth-order valence-corrected chi connectivity index (χ4v) is 5.09. The Morgan fingerprint density at radius 3 is 2.38 bits per heavy atom. The molecule has 0 heterocycles. The van der Waals surface area contributed by atoms with Gasteiger partial charge in [-0.1, -0.05) is 19.3 Å². The molecule has 1 saturated carbocycles. The molecule has 1 aliphatic rings. The molecule has 9 heteroatoms. The Morgan fingerprint density at radius 1 is 1.00 bits per heavy atom. The highest BCUT2D eigenvalue weighted by Crippen LogP contribution is 2.29. The molecule has 32 heavy (non-hydrogen) atoms. The number of ether oxygens (including phenoxy) is 3. The van der Waals surface area contributed by atoms with E-state index in [1.165, 1.54) is 20.3 Å². The van der Waals surface area contributed by atoms with Gasteiger partial charge in [0, 0.05) is 12.1 Å². The number of carbonyl (C=O) groups is 1. The van der Waals surface area contributed by atoms with Gasteiger partial charge in [0.15, 0.2) is 6.61 Å². The number of methoxy groups -OCH3 is 2. The first-order valence-corrected chi connectivity index (χ1v) is 12.1. The molecular formula is C23H30N2O6S. The fourth-order valence-electron chi connectivity index (χ4n) is 3.70. The summed E-state index contributed by atoms with van der Waals surface area (Å²) in [6.07, 6.45) is 4.98. The van der Waals surface area contributed by atoms with Crippen LogP contribution in [0, 0.1) is 6.92 Å². The van der Waals surface area contributed by atoms with E-state index in [0.717, 1.165) is 32.1 Å². The number of nitrogens with one attached hydrogen (secondary N) is 2. The second-order valence-corrected chi connectivity index (χ2v) is 9.50. The van der Waals surface area contributed by atoms with Gasteiger partial charge in [-0.15, -0.1) is 0 Å². The monoisotopic (exact) mass is 462 g/mol. The molecule has 174 valence electrons. The molecule has 1 fully saturated rings. The van der Waals surface area contributed by atoms with Gasteiger partial charge in [-0.3, -0.25) is 4.79 Å². The Kier molecular flexibility index (Phi) is 7.98. The van der Waals surface area contributed by atoms with Crippen molar-refractivity contribution >= 4 is 21.6 Å². The Bertz CT molecular complexity index is 1050. The number of aryl methyl sites for hydroxylation is 1. The van der Waals surface area contributed by atoms with Crippen LogP contribution in [0.1, 0.15) is 37.7 Å². The lowest BCUT2D eigenvalue weighted by Gasteiger charge is -2.22. The fraction of sp³-hybridized carbons (Fsp3) is 0.435. The average molecular weight is 463 g/mol. The van der Waals surface area contributed by atoms with Gasteiger partial charge in [0.2, 0.25) is 10.0 Å². The number of sulfonamides is 1. The van der Waals surface area contributed by atoms with Crippen LogP contribution in [-0.2, 0) is 14.8 Å². The van der Waals surface area contributed by atoms with Crippen molar-refractivity contribution in [2.24, 2.45) is 0 Å². The number of amides is 1. The molecule has 0 aliphatic heterocycles. The van der Waals surface area contributed by atoms with Gasteiger partial charge in [-0.25, -0.2) is 13.1 Å². The van der Waals surface area contributed by atoms with Gasteiger partial charge in [-0.05, 0) is 55.7 Å². The summed E-state index contributed by atoms with van der Waals surface area (Å²) in [5, 5.41) is 2.73. The van der Waals surface area contributed by atoms with E-state index in [4.69, 9.17) is 14.2 Å². The van der Waals surface area contributed by atoms with Gasteiger partial charge in [-0.2, -0.15) is 0 Å². The van der Waals surface area contributed by atoms with Crippen molar-refractivity contribution in [2.75, 3.05) is 26.1 Å². The molecule has 0 spiro atoms. The van der Waals surface area contributed by atoms with Gasteiger partial charge in [0.25, 0.3) is 5.91 Å². The summed E-state index contributed by atoms with van der Waals surface area (Å²) in [5.74, 6) is 1.13. The minimum atomic E-state index is -3.60. The number of rotatable bonds is 9. The molecule has 3 rings (SSSR count). The van der Waals surface area contributed by atoms with E-state index in [-0.39, 0.29) is 23.5 Å². The molecule has 0 aromatic heterocycles. The Labute approximate surface area is 189 Å². The van der Waals surface area contributed by atoms with Gasteiger partial charge in [0.05, 0.1) is 24.8 Å². The van der Waals surface area contributed by atoms with Crippen LogP contribution in [0.4, 0.5) is 5.69 Å². The first-order chi connectivity index (χ1) is 15.3. The zero-order chi connectivity index (χ0) is 23.1. The summed E-state index contributed by atoms with van der Waals surface area (Å²) in [6, 6.07) is 9.69. The van der Waals surface area contributed by atoms with Crippen molar-refractivity contribution in [3.8, 4) is 17.2 Å². The van der Waals surface area contributed by atoms with Gasteiger partial charge >= 0.3 is 0 Å². The van der Waals surface area contributed by atoms with Crippen molar-refractivity contribution < 1.29 is 27.4 Å². The SMILES string of the molecule is COc1ccc(OC)c(NC(=O)COc2ccc(S(=O)(=O)NC3CCCCC3)cc2C)c1. The third-order valence-corrected chi connectivity index (χ3v) is 6.94. The van der Waals surface area contributed by atoms with Crippen LogP contribution in [0.2, 0.25) is 0 Å². The van der Waals surface area contributed by atoms with Gasteiger partial charge < -0.3 is 19.5 Å². The topological polar surface area (TPSA) is 103 Å². The third-order valence-electron chi connectivity index (χ3n) is 5.42. The van der Waals surface area contributed by atoms with E-state index in [9.17, 15) is 13.2 Å². The molecule has 0 unspecified atom stereocenters. The molecule has 2 aromatic rings. The van der Waals surface area contributed by atoms with Crippen LogP contribution in [-0.4, -0.2) is 41.2 Å². The molecule has 2 aromatic carbocycles. The lowest BCUT2D eigenvalue weighted by Crippen LogP contribution is -2.36. The minimum absolute atomic E-state index is 0.0118. The maximum atomic E-state index is 12.7. The van der Waals surface area contributed by atoms with E-state index in [1.54, 1.807) is 37.3 Å². The molecule has 1 aliphatic carbocycles. The van der Waals surface area contributed by atoms with Crippen molar-refractivity contribution in [3.05, 3.63) is 42.0 Å². The van der Waals surface area contributed by atoms with Crippen LogP contribution < -0.4 is 24.2 Å². The molecule has 0 bridgehead atoms. The average Bonchev–Trinajstić information content (AvgIpc) is 2.78. The summed E-state index contributed by atoms with van der Waals surface area (Å²) in [5.41, 5.74) is 1.09. The number of hydrogen-bond acceptors (Lipinski definition) is 6. The first-order valence-electron chi connectivity index (χ1n) is 10.6. The summed E-state index contributed by atoms with van der Waals surface area (Å²) in [7, 11) is -0.551. The molecule has 1 amide bonds. The normalized spacial score (nSPS) is 14.6. The smallest absolute Gasteiger partial charge is 0.262 e. The van der Waals surface area contributed by atoms with Crippen molar-refractivity contribution in [2.45, 2.75) is 50.0 Å². The summed E-state index contributed by atoms with van der Waals surface area (Å²) >= 11 is 0. The summed E-state index contributed by atoms with van der Waals surface area (Å²) in [6.45, 7) is 1.51. The zero-order valence-corrected chi connectivity index (χ0v) is 19.5. The highest BCUT2D eigenvalue weighted by Gasteiger charge is 2.22. The largest absolute Gasteiger partial charge is 0.497 e. The minimum Gasteiger partial charge on any atom is -0.497 e. The number of hydrogen-bond donors (Lipinski definition) is 2. The Balaban J connectivity index is 1.62. The molecule has 0 saturated heterocycles. The summed E-state index contributed by atoms with van der Waals surface area (Å²) in [4.78, 5) is 12.6. The quantitative estimate of drug-likeness (QED) is 0.590. The molecule has 0 radical (unpaired) electrons. The third kappa shape index (κ3) is 6.14. The zero-order valence-electron chi connectivity index (χ0n) is 18.6. The highest BCUT2D eigenvalue weighted by atomic mass is 32.2. The van der Waals surface area contributed by atoms with E-state index < -0.39 is 10.0 Å². The van der Waals surface area contributed by atoms with Crippen LogP contribution in [0.3, 0.4) is 0 Å². The molecular weight excluding hydrogens is 432 g/mol. The van der Waals surface area contributed by atoms with Crippen molar-refractivity contribution in [1.82, 2.24) is 4.72 Å². The first kappa shape index (κ1) is 23.9. The van der Waals surface area contributed by atoms with Gasteiger partial charge in [0.1, 0.15) is 17.2 Å². The van der Waals surface area contributed by atoms with Crippen LogP contribution in [0.5, 0.6) is 17.2 Å². The standard InChI is InChI=1S/C23H30N2O6S/c1-16-13-19(32(27,28)25-17-7-5-4-6-8-17)10-12-21(16)31-15-23(26)24-20-14-18(29-2)9-11-22(20)30-3/h9-14,17,25H,4-8,15H2,1-3H3,(H,24,26). The van der Waals surface area contributed by atoms with E-state index in [1.807, 2.05) is 0 Å². The van der Waals surface area contributed by atoms with Crippen molar-refractivity contribution in [1.29, 1.82) is 0 Å². The molecule has 8 nitrogen and oxygen atoms in total. The summed E-state index contributed by atoms with van der Waals surface area (Å²) < 4.78 is 44.3. The van der Waals surface area contributed by atoms with Crippen LogP contribution in [0.25, 0.3) is 0 Å². The van der Waals surface area contributed by atoms with Crippen molar-refractivity contribution in [3.63, 3.8) is 0 Å². The predicted molar refractivity (Wildman–Crippen MR) is 122 cm³/mol. The lowest BCUT2D eigenvalue weighted by molar-refractivity contribution is -0.118. The number of carbonyl (C=O) groups excluding carboxylic acids is 1. The number of benzene rings is 2. The highest BCUT2D eigenvalue weighted by molar-refractivity contribution is 7.89. The maximum absolute atomic E-state index is 12.7. The molecule has 0 atom stereocenters. The molecule has 2 N–H and O–H groups in total. The van der Waals surface area contributed by atoms with E-state index in [0.29, 0.717) is 28.5 Å². The number of anilines is 1. The van der Waals surface area contributed by atoms with Crippen LogP contribution in [0.15, 0.2) is 41.3 Å². The Hall–Kier alpha value is -2.78. The Morgan fingerprint density at radius 2 is 1.72 bits per heavy atom. The van der Waals surface area contributed by atoms with Crippen LogP contribution >= 0.6 is 0 Å². The van der Waals surface area contributed by atoms with E-state index >= 15 is 0 Å². The maximum Gasteiger partial charge on any atom is 0.262 e. The lowest BCUT2D eigenvalue weighted by atomic mass is 9.96. The second kappa shape index (κ2) is 10.7. The second-order valence-electron chi connectivity index (χ2n) is 7.79. The van der Waals surface area contributed by atoms with E-state index in [2.05, 4.69) is 10.0 Å². The predicted octanol–water partition coefficient (Wildman–Crippen LogP) is 3.64.